The third-order valence-corrected chi connectivity index (χ3v) is 3.79. The number of esters is 1. The maximum absolute atomic E-state index is 12.2. The lowest BCUT2D eigenvalue weighted by molar-refractivity contribution is -0.144. The molecule has 0 bridgehead atoms. The van der Waals surface area contributed by atoms with Crippen LogP contribution in [0, 0.1) is 17.8 Å². The summed E-state index contributed by atoms with van der Waals surface area (Å²) in [6.45, 7) is 10.2. The highest BCUT2D eigenvalue weighted by Gasteiger charge is 2.34. The minimum Gasteiger partial charge on any atom is -0.465 e. The van der Waals surface area contributed by atoms with Gasteiger partial charge in [-0.25, -0.2) is 0 Å². The van der Waals surface area contributed by atoms with Gasteiger partial charge in [0, 0.05) is 5.92 Å². The van der Waals surface area contributed by atoms with Crippen molar-refractivity contribution < 1.29 is 14.3 Å². The highest BCUT2D eigenvalue weighted by Crippen LogP contribution is 2.37. The molecule has 19 heavy (non-hydrogen) atoms. The summed E-state index contributed by atoms with van der Waals surface area (Å²) in [6, 6.07) is 0. The van der Waals surface area contributed by atoms with Crippen LogP contribution < -0.4 is 5.32 Å². The van der Waals surface area contributed by atoms with E-state index in [1.807, 2.05) is 6.92 Å². The van der Waals surface area contributed by atoms with Crippen molar-refractivity contribution in [2.24, 2.45) is 17.8 Å². The van der Waals surface area contributed by atoms with Gasteiger partial charge in [0.25, 0.3) is 0 Å². The smallest absolute Gasteiger partial charge is 0.325 e. The van der Waals surface area contributed by atoms with Gasteiger partial charge in [-0.15, -0.1) is 0 Å². The Morgan fingerprint density at radius 1 is 1.32 bits per heavy atom. The van der Waals surface area contributed by atoms with Crippen LogP contribution in [-0.4, -0.2) is 25.0 Å². The SMILES string of the molecule is C=C(C)[C@@H]1CC[C@@H](C)C[C@H]1C(=O)NCC(=O)OCC. The van der Waals surface area contributed by atoms with E-state index in [9.17, 15) is 9.59 Å². The molecule has 1 N–H and O–H groups in total. The maximum Gasteiger partial charge on any atom is 0.325 e. The van der Waals surface area contributed by atoms with Crippen LogP contribution in [0.4, 0.5) is 0 Å². The maximum atomic E-state index is 12.2. The van der Waals surface area contributed by atoms with E-state index in [0.717, 1.165) is 24.8 Å². The van der Waals surface area contributed by atoms with Gasteiger partial charge in [-0.05, 0) is 38.5 Å². The van der Waals surface area contributed by atoms with E-state index >= 15 is 0 Å². The van der Waals surface area contributed by atoms with Gasteiger partial charge in [0.1, 0.15) is 6.54 Å². The van der Waals surface area contributed by atoms with Crippen molar-refractivity contribution in [1.29, 1.82) is 0 Å². The molecular formula is C15H25NO3. The first-order valence-corrected chi connectivity index (χ1v) is 7.04. The number of carbonyl (C=O) groups is 2. The topological polar surface area (TPSA) is 55.4 Å². The number of ether oxygens (including phenoxy) is 1. The van der Waals surface area contributed by atoms with Gasteiger partial charge in [-0.2, -0.15) is 0 Å². The Bertz CT molecular complexity index is 351. The van der Waals surface area contributed by atoms with E-state index in [2.05, 4.69) is 18.8 Å². The summed E-state index contributed by atoms with van der Waals surface area (Å²) in [5.41, 5.74) is 1.06. The fourth-order valence-electron chi connectivity index (χ4n) is 2.76. The molecule has 0 aromatic rings. The van der Waals surface area contributed by atoms with Gasteiger partial charge in [0.05, 0.1) is 6.61 Å². The van der Waals surface area contributed by atoms with Crippen LogP contribution in [0.5, 0.6) is 0 Å². The zero-order chi connectivity index (χ0) is 14.4. The Hall–Kier alpha value is -1.32. The Morgan fingerprint density at radius 3 is 2.58 bits per heavy atom. The second-order valence-corrected chi connectivity index (χ2v) is 5.50. The van der Waals surface area contributed by atoms with E-state index in [0.29, 0.717) is 12.5 Å². The molecule has 1 rings (SSSR count). The van der Waals surface area contributed by atoms with Crippen LogP contribution in [0.2, 0.25) is 0 Å². The summed E-state index contributed by atoms with van der Waals surface area (Å²) in [5.74, 6) is 0.294. The molecule has 1 saturated carbocycles. The van der Waals surface area contributed by atoms with Crippen molar-refractivity contribution >= 4 is 11.9 Å². The number of hydrogen-bond donors (Lipinski definition) is 1. The van der Waals surface area contributed by atoms with Gasteiger partial charge < -0.3 is 10.1 Å². The Labute approximate surface area is 115 Å². The molecule has 108 valence electrons. The first-order valence-electron chi connectivity index (χ1n) is 7.04. The third kappa shape index (κ3) is 4.69. The molecule has 0 radical (unpaired) electrons. The molecule has 1 fully saturated rings. The molecule has 4 nitrogen and oxygen atoms in total. The highest BCUT2D eigenvalue weighted by atomic mass is 16.5. The minimum atomic E-state index is -0.383. The normalized spacial score (nSPS) is 26.6. The molecule has 1 aliphatic rings. The molecule has 4 heteroatoms. The van der Waals surface area contributed by atoms with E-state index in [1.165, 1.54) is 0 Å². The number of hydrogen-bond acceptors (Lipinski definition) is 3. The Morgan fingerprint density at radius 2 is 2.00 bits per heavy atom. The lowest BCUT2D eigenvalue weighted by Crippen LogP contribution is -2.41. The van der Waals surface area contributed by atoms with Crippen LogP contribution in [0.3, 0.4) is 0 Å². The third-order valence-electron chi connectivity index (χ3n) is 3.79. The monoisotopic (exact) mass is 267 g/mol. The first-order chi connectivity index (χ1) is 8.95. The van der Waals surface area contributed by atoms with Crippen LogP contribution in [-0.2, 0) is 14.3 Å². The number of nitrogens with one attached hydrogen (secondary N) is 1. The van der Waals surface area contributed by atoms with Crippen molar-refractivity contribution in [3.63, 3.8) is 0 Å². The number of amides is 1. The summed E-state index contributed by atoms with van der Waals surface area (Å²) in [6.07, 6.45) is 3.01. The standard InChI is InChI=1S/C15H25NO3/c1-5-19-14(17)9-16-15(18)13-8-11(4)6-7-12(13)10(2)3/h11-13H,2,5-9H2,1,3-4H3,(H,16,18)/t11-,12+,13-/m1/s1. The van der Waals surface area contributed by atoms with Crippen molar-refractivity contribution in [1.82, 2.24) is 5.32 Å². The zero-order valence-electron chi connectivity index (χ0n) is 12.2. The van der Waals surface area contributed by atoms with Gasteiger partial charge in [-0.3, -0.25) is 9.59 Å². The summed E-state index contributed by atoms with van der Waals surface area (Å²) >= 11 is 0. The average molecular weight is 267 g/mol. The molecule has 0 spiro atoms. The molecule has 1 aliphatic carbocycles. The fraction of sp³-hybridized carbons (Fsp3) is 0.733. The van der Waals surface area contributed by atoms with Gasteiger partial charge in [-0.1, -0.05) is 25.5 Å². The number of carbonyl (C=O) groups excluding carboxylic acids is 2. The lowest BCUT2D eigenvalue weighted by Gasteiger charge is -2.34. The second-order valence-electron chi connectivity index (χ2n) is 5.50. The molecule has 0 unspecified atom stereocenters. The molecule has 3 atom stereocenters. The van der Waals surface area contributed by atoms with Crippen molar-refractivity contribution in [3.8, 4) is 0 Å². The molecule has 0 aromatic carbocycles. The Balaban J connectivity index is 2.56. The van der Waals surface area contributed by atoms with Crippen molar-refractivity contribution in [2.75, 3.05) is 13.2 Å². The van der Waals surface area contributed by atoms with Crippen LogP contribution in [0.15, 0.2) is 12.2 Å². The van der Waals surface area contributed by atoms with E-state index < -0.39 is 0 Å². The summed E-state index contributed by atoms with van der Waals surface area (Å²) in [5, 5.41) is 2.69. The predicted molar refractivity (Wildman–Crippen MR) is 74.5 cm³/mol. The second kappa shape index (κ2) is 7.31. The summed E-state index contributed by atoms with van der Waals surface area (Å²) in [4.78, 5) is 23.5. The largest absolute Gasteiger partial charge is 0.465 e. The van der Waals surface area contributed by atoms with Gasteiger partial charge in [0.15, 0.2) is 0 Å². The number of allylic oxidation sites excluding steroid dienone is 1. The lowest BCUT2D eigenvalue weighted by atomic mass is 9.71. The van der Waals surface area contributed by atoms with Crippen LogP contribution in [0.25, 0.3) is 0 Å². The quantitative estimate of drug-likeness (QED) is 0.614. The van der Waals surface area contributed by atoms with Crippen molar-refractivity contribution in [3.05, 3.63) is 12.2 Å². The van der Waals surface area contributed by atoms with Gasteiger partial charge in [0.2, 0.25) is 5.91 Å². The molecule has 0 heterocycles. The van der Waals surface area contributed by atoms with Crippen LogP contribution >= 0.6 is 0 Å². The molecule has 1 amide bonds. The summed E-state index contributed by atoms with van der Waals surface area (Å²) in [7, 11) is 0. The van der Waals surface area contributed by atoms with Crippen LogP contribution in [0.1, 0.15) is 40.0 Å². The Kier molecular flexibility index (Phi) is 6.06. The average Bonchev–Trinajstić information content (AvgIpc) is 2.35. The fourth-order valence-corrected chi connectivity index (χ4v) is 2.76. The first kappa shape index (κ1) is 15.7. The highest BCUT2D eigenvalue weighted by molar-refractivity contribution is 5.84. The molecule has 0 aromatic heterocycles. The summed E-state index contributed by atoms with van der Waals surface area (Å²) < 4.78 is 4.80. The number of rotatable bonds is 5. The molecular weight excluding hydrogens is 242 g/mol. The van der Waals surface area contributed by atoms with Gasteiger partial charge >= 0.3 is 5.97 Å². The zero-order valence-corrected chi connectivity index (χ0v) is 12.2. The molecule has 0 saturated heterocycles. The predicted octanol–water partition coefficient (Wildman–Crippen LogP) is 2.29. The van der Waals surface area contributed by atoms with Crippen molar-refractivity contribution in [2.45, 2.75) is 40.0 Å². The van der Waals surface area contributed by atoms with E-state index in [-0.39, 0.29) is 30.3 Å². The van der Waals surface area contributed by atoms with E-state index in [4.69, 9.17) is 4.74 Å². The molecule has 0 aliphatic heterocycles. The van der Waals surface area contributed by atoms with E-state index in [1.54, 1.807) is 6.92 Å². The minimum absolute atomic E-state index is 0.0412.